The van der Waals surface area contributed by atoms with E-state index >= 15 is 0 Å². The number of unbranched alkanes of at least 4 members (excludes halogenated alkanes) is 1. The minimum atomic E-state index is -1.48. The summed E-state index contributed by atoms with van der Waals surface area (Å²) in [6, 6.07) is 0.922. The molecular formula is C24H38N6O7. The number of phenolic OH excluding ortho intramolecular Hbond substituents is 1. The van der Waals surface area contributed by atoms with Crippen molar-refractivity contribution < 1.29 is 34.2 Å². The zero-order chi connectivity index (χ0) is 28.1. The smallest absolute Gasteiger partial charge is 0.326 e. The normalized spacial score (nSPS) is 14.2. The zero-order valence-electron chi connectivity index (χ0n) is 21.1. The van der Waals surface area contributed by atoms with Gasteiger partial charge in [0.25, 0.3) is 0 Å². The summed E-state index contributed by atoms with van der Waals surface area (Å²) in [5.74, 6) is -4.91. The molecule has 37 heavy (non-hydrogen) atoms. The van der Waals surface area contributed by atoms with Crippen LogP contribution >= 0.6 is 0 Å². The number of rotatable bonds is 16. The molecule has 1 aromatic rings. The summed E-state index contributed by atoms with van der Waals surface area (Å²) in [5.41, 5.74) is 17.1. The fraction of sp³-hybridized carbons (Fsp3) is 0.542. The van der Waals surface area contributed by atoms with Gasteiger partial charge in [0.05, 0.1) is 12.5 Å². The molecule has 0 bridgehead atoms. The number of nitrogens with one attached hydrogen (secondary N) is 3. The van der Waals surface area contributed by atoms with Crippen molar-refractivity contribution in [1.29, 1.82) is 0 Å². The first-order valence-electron chi connectivity index (χ1n) is 12.0. The summed E-state index contributed by atoms with van der Waals surface area (Å²) in [4.78, 5) is 61.7. The van der Waals surface area contributed by atoms with E-state index < -0.39 is 66.1 Å². The van der Waals surface area contributed by atoms with Crippen LogP contribution in [-0.2, 0) is 30.4 Å². The second kappa shape index (κ2) is 15.4. The first-order chi connectivity index (χ1) is 17.3. The van der Waals surface area contributed by atoms with Gasteiger partial charge in [-0.3, -0.25) is 19.2 Å². The maximum atomic E-state index is 13.0. The Bertz CT molecular complexity index is 938. The van der Waals surface area contributed by atoms with Crippen LogP contribution < -0.4 is 33.2 Å². The van der Waals surface area contributed by atoms with Crippen LogP contribution in [0.4, 0.5) is 0 Å². The third-order valence-corrected chi connectivity index (χ3v) is 5.58. The summed E-state index contributed by atoms with van der Waals surface area (Å²) >= 11 is 0. The number of benzene rings is 1. The average molecular weight is 523 g/mol. The van der Waals surface area contributed by atoms with Crippen molar-refractivity contribution in [1.82, 2.24) is 16.0 Å². The van der Waals surface area contributed by atoms with Crippen LogP contribution in [0, 0.1) is 5.92 Å². The number of phenols is 1. The molecule has 13 heteroatoms. The Hall–Kier alpha value is -3.71. The molecule has 0 fully saturated rings. The molecule has 4 atom stereocenters. The molecule has 0 saturated heterocycles. The molecular weight excluding hydrogens is 484 g/mol. The number of primary amides is 1. The molecule has 0 aliphatic heterocycles. The molecule has 0 spiro atoms. The number of carboxylic acids is 1. The highest BCUT2D eigenvalue weighted by molar-refractivity contribution is 5.96. The fourth-order valence-electron chi connectivity index (χ4n) is 3.45. The largest absolute Gasteiger partial charge is 0.508 e. The Morgan fingerprint density at radius 1 is 0.892 bits per heavy atom. The highest BCUT2D eigenvalue weighted by Gasteiger charge is 2.32. The number of amides is 4. The molecule has 1 aromatic carbocycles. The topological polar surface area (TPSA) is 240 Å². The Kier molecular flexibility index (Phi) is 13.0. The van der Waals surface area contributed by atoms with E-state index in [1.165, 1.54) is 24.3 Å². The van der Waals surface area contributed by atoms with Gasteiger partial charge in [0.1, 0.15) is 23.9 Å². The first kappa shape index (κ1) is 31.3. The Morgan fingerprint density at radius 2 is 1.49 bits per heavy atom. The number of hydrogen-bond donors (Lipinski definition) is 8. The molecule has 13 nitrogen and oxygen atoms in total. The lowest BCUT2D eigenvalue weighted by Gasteiger charge is -2.26. The van der Waals surface area contributed by atoms with Gasteiger partial charge in [0, 0.05) is 6.42 Å². The molecule has 0 heterocycles. The summed E-state index contributed by atoms with van der Waals surface area (Å²) in [6.45, 7) is 3.81. The number of carbonyl (C=O) groups excluding carboxylic acids is 4. The molecule has 0 aliphatic rings. The Morgan fingerprint density at radius 3 is 2.00 bits per heavy atom. The number of aliphatic carboxylic acids is 1. The van der Waals surface area contributed by atoms with Crippen molar-refractivity contribution in [3.8, 4) is 5.75 Å². The lowest BCUT2D eigenvalue weighted by atomic mass is 10.0. The van der Waals surface area contributed by atoms with E-state index in [4.69, 9.17) is 17.2 Å². The Balaban J connectivity index is 2.95. The van der Waals surface area contributed by atoms with Gasteiger partial charge in [-0.2, -0.15) is 0 Å². The number of nitrogens with two attached hydrogens (primary N) is 3. The van der Waals surface area contributed by atoms with E-state index in [0.717, 1.165) is 0 Å². The average Bonchev–Trinajstić information content (AvgIpc) is 2.82. The molecule has 11 N–H and O–H groups in total. The number of carboxylic acid groups (broad SMARTS) is 1. The van der Waals surface area contributed by atoms with Crippen molar-refractivity contribution >= 4 is 29.6 Å². The lowest BCUT2D eigenvalue weighted by Crippen LogP contribution is -2.59. The van der Waals surface area contributed by atoms with E-state index in [1.807, 2.05) is 0 Å². The third kappa shape index (κ3) is 11.3. The number of carbonyl (C=O) groups is 5. The number of aromatic hydroxyl groups is 1. The molecule has 4 unspecified atom stereocenters. The van der Waals surface area contributed by atoms with E-state index in [1.54, 1.807) is 13.8 Å². The van der Waals surface area contributed by atoms with Gasteiger partial charge in [0.15, 0.2) is 0 Å². The minimum absolute atomic E-state index is 0.00721. The van der Waals surface area contributed by atoms with Gasteiger partial charge in [-0.1, -0.05) is 32.4 Å². The predicted octanol–water partition coefficient (Wildman–Crippen LogP) is -1.54. The predicted molar refractivity (Wildman–Crippen MR) is 135 cm³/mol. The monoisotopic (exact) mass is 522 g/mol. The van der Waals surface area contributed by atoms with Gasteiger partial charge < -0.3 is 43.4 Å². The van der Waals surface area contributed by atoms with E-state index in [9.17, 15) is 34.2 Å². The van der Waals surface area contributed by atoms with Crippen LogP contribution in [-0.4, -0.2) is 70.5 Å². The zero-order valence-corrected chi connectivity index (χ0v) is 21.1. The Labute approximate surface area is 215 Å². The van der Waals surface area contributed by atoms with Crippen molar-refractivity contribution in [2.24, 2.45) is 23.1 Å². The van der Waals surface area contributed by atoms with Crippen LogP contribution in [0.1, 0.15) is 45.1 Å². The van der Waals surface area contributed by atoms with Crippen molar-refractivity contribution in [3.63, 3.8) is 0 Å². The SMILES string of the molecule is CC(C)C(NC(=O)C(N)CCCCN)C(=O)NC(CC(N)=O)C(=O)NC(Cc1ccc(O)cc1)C(=O)O. The van der Waals surface area contributed by atoms with Crippen molar-refractivity contribution in [2.45, 2.75) is 70.1 Å². The summed E-state index contributed by atoms with van der Waals surface area (Å²) in [6.07, 6.45) is 0.994. The summed E-state index contributed by atoms with van der Waals surface area (Å²) in [7, 11) is 0. The van der Waals surface area contributed by atoms with Crippen LogP contribution in [0.2, 0.25) is 0 Å². The number of hydrogen-bond acceptors (Lipinski definition) is 8. The second-order valence-electron chi connectivity index (χ2n) is 9.12. The minimum Gasteiger partial charge on any atom is -0.508 e. The summed E-state index contributed by atoms with van der Waals surface area (Å²) in [5, 5.41) is 26.2. The van der Waals surface area contributed by atoms with E-state index in [0.29, 0.717) is 31.4 Å². The van der Waals surface area contributed by atoms with E-state index in [2.05, 4.69) is 16.0 Å². The van der Waals surface area contributed by atoms with Gasteiger partial charge in [-0.25, -0.2) is 4.79 Å². The maximum absolute atomic E-state index is 13.0. The van der Waals surface area contributed by atoms with Crippen LogP contribution in [0.3, 0.4) is 0 Å². The van der Waals surface area contributed by atoms with Gasteiger partial charge >= 0.3 is 5.97 Å². The fourth-order valence-corrected chi connectivity index (χ4v) is 3.45. The highest BCUT2D eigenvalue weighted by Crippen LogP contribution is 2.12. The van der Waals surface area contributed by atoms with Crippen molar-refractivity contribution in [3.05, 3.63) is 29.8 Å². The molecule has 1 rings (SSSR count). The molecule has 0 aliphatic carbocycles. The highest BCUT2D eigenvalue weighted by atomic mass is 16.4. The van der Waals surface area contributed by atoms with Crippen LogP contribution in [0.15, 0.2) is 24.3 Å². The van der Waals surface area contributed by atoms with Crippen molar-refractivity contribution in [2.75, 3.05) is 6.54 Å². The second-order valence-corrected chi connectivity index (χ2v) is 9.12. The molecule has 0 aromatic heterocycles. The third-order valence-electron chi connectivity index (χ3n) is 5.58. The summed E-state index contributed by atoms with van der Waals surface area (Å²) < 4.78 is 0. The van der Waals surface area contributed by atoms with Gasteiger partial charge in [-0.15, -0.1) is 0 Å². The molecule has 0 radical (unpaired) electrons. The molecule has 0 saturated carbocycles. The van der Waals surface area contributed by atoms with Crippen LogP contribution in [0.5, 0.6) is 5.75 Å². The maximum Gasteiger partial charge on any atom is 0.326 e. The quantitative estimate of drug-likeness (QED) is 0.117. The van der Waals surface area contributed by atoms with Crippen LogP contribution in [0.25, 0.3) is 0 Å². The van der Waals surface area contributed by atoms with Gasteiger partial charge in [0.2, 0.25) is 23.6 Å². The van der Waals surface area contributed by atoms with E-state index in [-0.39, 0.29) is 12.2 Å². The molecule has 4 amide bonds. The molecule has 206 valence electrons. The lowest BCUT2D eigenvalue weighted by molar-refractivity contribution is -0.142. The first-order valence-corrected chi connectivity index (χ1v) is 12.0. The standard InChI is InChI=1S/C24H38N6O7/c1-13(2)20(30-21(33)16(26)5-3-4-10-25)23(35)28-17(12-19(27)32)22(34)29-18(24(36)37)11-14-6-8-15(31)9-7-14/h6-9,13,16-18,20,31H,3-5,10-12,25-26H2,1-2H3,(H2,27,32)(H,28,35)(H,29,34)(H,30,33)(H,36,37). The van der Waals surface area contributed by atoms with Gasteiger partial charge in [-0.05, 0) is 43.0 Å².